The first-order chi connectivity index (χ1) is 5.72. The maximum absolute atomic E-state index is 3.64. The molecule has 0 aromatic carbocycles. The summed E-state index contributed by atoms with van der Waals surface area (Å²) in [6, 6.07) is 0. The Balaban J connectivity index is 3.58. The Labute approximate surface area is 84.9 Å². The maximum Gasteiger partial charge on any atom is 0.00622 e. The second kappa shape index (κ2) is 7.60. The van der Waals surface area contributed by atoms with Crippen molar-refractivity contribution in [3.63, 3.8) is 0 Å². The summed E-state index contributed by atoms with van der Waals surface area (Å²) in [5.74, 6) is 1.58. The highest BCUT2D eigenvalue weighted by Gasteiger charge is 2.09. The predicted octanol–water partition coefficient (Wildman–Crippen LogP) is 4.18. The van der Waals surface area contributed by atoms with Crippen molar-refractivity contribution in [3.05, 3.63) is 24.8 Å². The van der Waals surface area contributed by atoms with Gasteiger partial charge in [0.15, 0.2) is 0 Å². The monoisotopic (exact) mass is 230 g/mol. The molecule has 0 amide bonds. The Morgan fingerprint density at radius 1 is 1.42 bits per heavy atom. The molecule has 0 fully saturated rings. The predicted molar refractivity (Wildman–Crippen MR) is 60.7 cm³/mol. The summed E-state index contributed by atoms with van der Waals surface area (Å²) in [5.41, 5.74) is 0. The number of rotatable bonds is 6. The van der Waals surface area contributed by atoms with Crippen molar-refractivity contribution >= 4 is 15.9 Å². The molecule has 0 aromatic heterocycles. The van der Waals surface area contributed by atoms with Crippen molar-refractivity contribution in [2.75, 3.05) is 5.33 Å². The topological polar surface area (TPSA) is 0 Å². The maximum atomic E-state index is 3.64. The van der Waals surface area contributed by atoms with Crippen molar-refractivity contribution in [1.29, 1.82) is 0 Å². The summed E-state index contributed by atoms with van der Waals surface area (Å²) >= 11 is 3.54. The average Bonchev–Trinajstić information content (AvgIpc) is 2.04. The van der Waals surface area contributed by atoms with Crippen molar-refractivity contribution in [1.82, 2.24) is 0 Å². The zero-order chi connectivity index (χ0) is 9.40. The highest BCUT2D eigenvalue weighted by molar-refractivity contribution is 9.09. The van der Waals surface area contributed by atoms with Crippen LogP contribution in [0.1, 0.15) is 26.7 Å². The lowest BCUT2D eigenvalue weighted by molar-refractivity contribution is 0.404. The lowest BCUT2D eigenvalue weighted by atomic mass is 9.93. The zero-order valence-electron chi connectivity index (χ0n) is 8.09. The molecule has 0 nitrogen and oxygen atoms in total. The summed E-state index contributed by atoms with van der Waals surface area (Å²) in [6.07, 6.45) is 8.48. The molecule has 70 valence electrons. The molecule has 12 heavy (non-hydrogen) atoms. The summed E-state index contributed by atoms with van der Waals surface area (Å²) < 4.78 is 0. The van der Waals surface area contributed by atoms with Crippen molar-refractivity contribution in [2.24, 2.45) is 11.8 Å². The van der Waals surface area contributed by atoms with Gasteiger partial charge in [-0.15, -0.1) is 0 Å². The van der Waals surface area contributed by atoms with Crippen LogP contribution < -0.4 is 0 Å². The molecule has 0 N–H and O–H groups in total. The molecule has 0 spiro atoms. The Morgan fingerprint density at radius 3 is 2.50 bits per heavy atom. The highest BCUT2D eigenvalue weighted by atomic mass is 79.9. The molecule has 0 saturated heterocycles. The van der Waals surface area contributed by atoms with Gasteiger partial charge in [-0.3, -0.25) is 0 Å². The van der Waals surface area contributed by atoms with Gasteiger partial charge < -0.3 is 0 Å². The number of halogens is 1. The van der Waals surface area contributed by atoms with Gasteiger partial charge in [0.2, 0.25) is 0 Å². The fraction of sp³-hybridized carbons (Fsp3) is 0.636. The van der Waals surface area contributed by atoms with Gasteiger partial charge in [-0.2, -0.15) is 0 Å². The van der Waals surface area contributed by atoms with E-state index in [1.807, 2.05) is 12.2 Å². The molecule has 0 heterocycles. The molecular formula is C11H19Br. The van der Waals surface area contributed by atoms with Crippen molar-refractivity contribution < 1.29 is 0 Å². The van der Waals surface area contributed by atoms with E-state index in [1.54, 1.807) is 0 Å². The van der Waals surface area contributed by atoms with Crippen LogP contribution in [0.4, 0.5) is 0 Å². The van der Waals surface area contributed by atoms with Gasteiger partial charge in [0.05, 0.1) is 0 Å². The number of hydrogen-bond acceptors (Lipinski definition) is 0. The van der Waals surface area contributed by atoms with Gasteiger partial charge in [0.25, 0.3) is 0 Å². The van der Waals surface area contributed by atoms with E-state index >= 15 is 0 Å². The third-order valence-electron chi connectivity index (χ3n) is 2.12. The van der Waals surface area contributed by atoms with Gasteiger partial charge in [-0.25, -0.2) is 0 Å². The molecule has 1 atom stereocenters. The highest BCUT2D eigenvalue weighted by Crippen LogP contribution is 2.19. The van der Waals surface area contributed by atoms with Crippen LogP contribution in [0, 0.1) is 11.8 Å². The van der Waals surface area contributed by atoms with Crippen LogP contribution in [0.2, 0.25) is 0 Å². The molecule has 0 aliphatic heterocycles. The number of hydrogen-bond donors (Lipinski definition) is 0. The molecule has 0 rings (SSSR count). The minimum absolute atomic E-state index is 0.779. The summed E-state index contributed by atoms with van der Waals surface area (Å²) in [6.45, 7) is 8.20. The van der Waals surface area contributed by atoms with Gasteiger partial charge in [0.1, 0.15) is 0 Å². The van der Waals surface area contributed by atoms with Crippen LogP contribution in [-0.4, -0.2) is 5.33 Å². The van der Waals surface area contributed by atoms with Gasteiger partial charge in [0, 0.05) is 5.33 Å². The van der Waals surface area contributed by atoms with Crippen LogP contribution in [-0.2, 0) is 0 Å². The third kappa shape index (κ3) is 5.59. The number of alkyl halides is 1. The molecule has 0 saturated carbocycles. The fourth-order valence-corrected chi connectivity index (χ4v) is 2.16. The van der Waals surface area contributed by atoms with E-state index in [0.29, 0.717) is 0 Å². The van der Waals surface area contributed by atoms with Gasteiger partial charge in [-0.05, 0) is 24.7 Å². The largest absolute Gasteiger partial charge is 0.0991 e. The molecule has 1 heteroatoms. The van der Waals surface area contributed by atoms with E-state index in [4.69, 9.17) is 0 Å². The Kier molecular flexibility index (Phi) is 7.58. The Morgan fingerprint density at radius 2 is 2.08 bits per heavy atom. The SMILES string of the molecule is C=C/C=C/CCC(CBr)C(C)C. The normalized spacial score (nSPS) is 14.0. The molecule has 0 radical (unpaired) electrons. The zero-order valence-corrected chi connectivity index (χ0v) is 9.68. The van der Waals surface area contributed by atoms with Gasteiger partial charge in [-0.1, -0.05) is 54.6 Å². The minimum Gasteiger partial charge on any atom is -0.0991 e. The molecule has 1 unspecified atom stereocenters. The van der Waals surface area contributed by atoms with Gasteiger partial charge >= 0.3 is 0 Å². The van der Waals surface area contributed by atoms with Crippen LogP contribution in [0.5, 0.6) is 0 Å². The first kappa shape index (κ1) is 12.0. The van der Waals surface area contributed by atoms with E-state index in [-0.39, 0.29) is 0 Å². The van der Waals surface area contributed by atoms with Crippen LogP contribution in [0.3, 0.4) is 0 Å². The Hall–Kier alpha value is -0.0400. The lowest BCUT2D eigenvalue weighted by Crippen LogP contribution is -2.09. The first-order valence-electron chi connectivity index (χ1n) is 4.55. The fourth-order valence-electron chi connectivity index (χ4n) is 1.09. The van der Waals surface area contributed by atoms with Crippen molar-refractivity contribution in [3.8, 4) is 0 Å². The van der Waals surface area contributed by atoms with E-state index in [9.17, 15) is 0 Å². The standard InChI is InChI=1S/C11H19Br/c1-4-5-6-7-8-11(9-12)10(2)3/h4-6,10-11H,1,7-9H2,2-3H3/b6-5+. The van der Waals surface area contributed by atoms with Crippen LogP contribution >= 0.6 is 15.9 Å². The average molecular weight is 231 g/mol. The molecule has 0 bridgehead atoms. The van der Waals surface area contributed by atoms with Crippen LogP contribution in [0.15, 0.2) is 24.8 Å². The molecule has 0 aliphatic rings. The van der Waals surface area contributed by atoms with E-state index in [0.717, 1.165) is 17.2 Å². The second-order valence-electron chi connectivity index (χ2n) is 3.40. The molecular weight excluding hydrogens is 212 g/mol. The first-order valence-corrected chi connectivity index (χ1v) is 5.68. The minimum atomic E-state index is 0.779. The van der Waals surface area contributed by atoms with E-state index in [2.05, 4.69) is 42.4 Å². The summed E-state index contributed by atoms with van der Waals surface area (Å²) in [7, 11) is 0. The van der Waals surface area contributed by atoms with Crippen molar-refractivity contribution in [2.45, 2.75) is 26.7 Å². The van der Waals surface area contributed by atoms with E-state index < -0.39 is 0 Å². The molecule has 0 aromatic rings. The summed E-state index contributed by atoms with van der Waals surface area (Å²) in [4.78, 5) is 0. The quantitative estimate of drug-likeness (QED) is 0.475. The lowest BCUT2D eigenvalue weighted by Gasteiger charge is -2.16. The Bertz CT molecular complexity index is 136. The summed E-state index contributed by atoms with van der Waals surface area (Å²) in [5, 5.41) is 1.12. The second-order valence-corrected chi connectivity index (χ2v) is 4.05. The molecule has 0 aliphatic carbocycles. The van der Waals surface area contributed by atoms with Crippen LogP contribution in [0.25, 0.3) is 0 Å². The third-order valence-corrected chi connectivity index (χ3v) is 2.95. The number of allylic oxidation sites excluding steroid dienone is 3. The smallest absolute Gasteiger partial charge is 0.00622 e. The van der Waals surface area contributed by atoms with E-state index in [1.165, 1.54) is 12.8 Å².